The van der Waals surface area contributed by atoms with E-state index in [-0.39, 0.29) is 17.1 Å². The van der Waals surface area contributed by atoms with Gasteiger partial charge in [0, 0.05) is 6.07 Å². The Balaban J connectivity index is 2.11. The highest BCUT2D eigenvalue weighted by atomic mass is 16.5. The van der Waals surface area contributed by atoms with Gasteiger partial charge in [-0.25, -0.2) is 0 Å². The van der Waals surface area contributed by atoms with Crippen LogP contribution in [0.1, 0.15) is 51.4 Å². The topological polar surface area (TPSA) is 81.5 Å². The summed E-state index contributed by atoms with van der Waals surface area (Å²) in [5, 5.41) is 18.9. The van der Waals surface area contributed by atoms with E-state index in [1.807, 2.05) is 32.0 Å². The summed E-state index contributed by atoms with van der Waals surface area (Å²) in [6.45, 7) is 10.8. The smallest absolute Gasteiger partial charge is 0.238 e. The molecule has 3 rings (SSSR count). The number of hydrogen-bond donors (Lipinski definition) is 1. The Kier molecular flexibility index (Phi) is 5.02. The maximum Gasteiger partial charge on any atom is 0.238 e. The van der Waals surface area contributed by atoms with E-state index in [1.54, 1.807) is 39.8 Å². The van der Waals surface area contributed by atoms with Crippen molar-refractivity contribution in [3.05, 3.63) is 52.9 Å². The minimum Gasteiger partial charge on any atom is -0.508 e. The van der Waals surface area contributed by atoms with Crippen molar-refractivity contribution in [2.75, 3.05) is 0 Å². The Morgan fingerprint density at radius 2 is 1.79 bits per heavy atom. The molecule has 0 atom stereocenters. The van der Waals surface area contributed by atoms with Crippen molar-refractivity contribution < 1.29 is 19.4 Å². The van der Waals surface area contributed by atoms with Gasteiger partial charge in [0.05, 0.1) is 11.3 Å². The van der Waals surface area contributed by atoms with Crippen LogP contribution in [0.4, 0.5) is 0 Å². The van der Waals surface area contributed by atoms with Crippen molar-refractivity contribution in [2.24, 2.45) is 0 Å². The number of rotatable bonds is 4. The van der Waals surface area contributed by atoms with Crippen LogP contribution in [-0.4, -0.2) is 32.3 Å². The molecule has 28 heavy (non-hydrogen) atoms. The lowest BCUT2D eigenvalue weighted by atomic mass is 9.81. The fraction of sp³-hybridized carbons (Fsp3) is 0.409. The Morgan fingerprint density at radius 3 is 2.39 bits per heavy atom. The molecule has 0 saturated heterocycles. The first-order valence-corrected chi connectivity index (χ1v) is 9.35. The molecule has 1 aliphatic rings. The molecule has 148 valence electrons. The molecule has 2 aromatic rings. The van der Waals surface area contributed by atoms with Crippen LogP contribution >= 0.6 is 0 Å². The van der Waals surface area contributed by atoms with Gasteiger partial charge < -0.3 is 14.6 Å². The van der Waals surface area contributed by atoms with E-state index in [4.69, 9.17) is 9.47 Å². The summed E-state index contributed by atoms with van der Waals surface area (Å²) >= 11 is 0. The minimum atomic E-state index is -1.05. The first-order chi connectivity index (χ1) is 13.0. The van der Waals surface area contributed by atoms with E-state index in [9.17, 15) is 9.90 Å². The first-order valence-electron chi connectivity index (χ1n) is 9.35. The van der Waals surface area contributed by atoms with Gasteiger partial charge in [-0.05, 0) is 70.4 Å². The lowest BCUT2D eigenvalue weighted by Gasteiger charge is -2.40. The highest BCUT2D eigenvalue weighted by Crippen LogP contribution is 2.41. The van der Waals surface area contributed by atoms with Gasteiger partial charge in [-0.2, -0.15) is 5.10 Å². The standard InChI is InChI=1S/C22H26N2O4/c1-7-14-9-10-15(27-17-11-8-13(2)23-24-17)12-16(14)18-19(25)21(3,4)28-22(5,6)20(18)26/h8-12,25H,7H2,1-6H3. The summed E-state index contributed by atoms with van der Waals surface area (Å²) in [6.07, 6.45) is 0.700. The van der Waals surface area contributed by atoms with E-state index < -0.39 is 11.2 Å². The van der Waals surface area contributed by atoms with Gasteiger partial charge in [0.2, 0.25) is 5.88 Å². The predicted molar refractivity (Wildman–Crippen MR) is 106 cm³/mol. The largest absolute Gasteiger partial charge is 0.508 e. The van der Waals surface area contributed by atoms with Crippen LogP contribution in [-0.2, 0) is 16.0 Å². The molecular formula is C22H26N2O4. The van der Waals surface area contributed by atoms with Crippen molar-refractivity contribution in [2.45, 2.75) is 59.2 Å². The number of ether oxygens (including phenoxy) is 2. The molecule has 1 aromatic carbocycles. The molecular weight excluding hydrogens is 356 g/mol. The Labute approximate surface area is 165 Å². The molecule has 0 fully saturated rings. The molecule has 6 nitrogen and oxygen atoms in total. The van der Waals surface area contributed by atoms with Gasteiger partial charge in [0.25, 0.3) is 0 Å². The molecule has 1 N–H and O–H groups in total. The van der Waals surface area contributed by atoms with Gasteiger partial charge in [-0.15, -0.1) is 5.10 Å². The van der Waals surface area contributed by atoms with E-state index in [2.05, 4.69) is 10.2 Å². The number of benzene rings is 1. The highest BCUT2D eigenvalue weighted by Gasteiger charge is 2.47. The molecule has 0 saturated carbocycles. The Bertz CT molecular complexity index is 944. The van der Waals surface area contributed by atoms with Crippen molar-refractivity contribution in [3.8, 4) is 11.6 Å². The van der Waals surface area contributed by atoms with Gasteiger partial charge in [-0.3, -0.25) is 4.79 Å². The molecule has 1 aliphatic heterocycles. The van der Waals surface area contributed by atoms with Crippen LogP contribution in [0.15, 0.2) is 36.1 Å². The van der Waals surface area contributed by atoms with Crippen LogP contribution in [0, 0.1) is 6.92 Å². The fourth-order valence-electron chi connectivity index (χ4n) is 3.41. The first kappa shape index (κ1) is 20.0. The number of nitrogens with zero attached hydrogens (tertiary/aromatic N) is 2. The van der Waals surface area contributed by atoms with Crippen LogP contribution in [0.2, 0.25) is 0 Å². The van der Waals surface area contributed by atoms with Gasteiger partial charge in [-0.1, -0.05) is 13.0 Å². The number of carbonyl (C=O) groups excluding carboxylic acids is 1. The maximum atomic E-state index is 13.1. The second-order valence-electron chi connectivity index (χ2n) is 7.96. The van der Waals surface area contributed by atoms with Crippen LogP contribution in [0.25, 0.3) is 5.57 Å². The number of aromatic nitrogens is 2. The van der Waals surface area contributed by atoms with E-state index in [0.717, 1.165) is 11.3 Å². The number of ketones is 1. The molecule has 0 spiro atoms. The molecule has 2 heterocycles. The molecule has 6 heteroatoms. The lowest BCUT2D eigenvalue weighted by Crippen LogP contribution is -2.49. The average Bonchev–Trinajstić information content (AvgIpc) is 2.62. The van der Waals surface area contributed by atoms with E-state index in [1.165, 1.54) is 0 Å². The normalized spacial score (nSPS) is 18.3. The molecule has 0 unspecified atom stereocenters. The summed E-state index contributed by atoms with van der Waals surface area (Å²) in [4.78, 5) is 13.1. The number of hydrogen-bond acceptors (Lipinski definition) is 6. The molecule has 0 aliphatic carbocycles. The molecule has 0 bridgehead atoms. The van der Waals surface area contributed by atoms with E-state index in [0.29, 0.717) is 23.6 Å². The van der Waals surface area contributed by atoms with Crippen LogP contribution < -0.4 is 4.74 Å². The summed E-state index contributed by atoms with van der Waals surface area (Å²) in [6, 6.07) is 9.03. The summed E-state index contributed by atoms with van der Waals surface area (Å²) in [7, 11) is 0. The summed E-state index contributed by atoms with van der Waals surface area (Å²) in [5.41, 5.74) is 0.630. The number of aliphatic hydroxyl groups is 1. The van der Waals surface area contributed by atoms with Crippen molar-refractivity contribution in [1.29, 1.82) is 0 Å². The van der Waals surface area contributed by atoms with Crippen LogP contribution in [0.5, 0.6) is 11.6 Å². The zero-order valence-electron chi connectivity index (χ0n) is 17.2. The zero-order valence-corrected chi connectivity index (χ0v) is 17.2. The molecule has 1 aromatic heterocycles. The van der Waals surface area contributed by atoms with Gasteiger partial charge in [0.1, 0.15) is 22.7 Å². The van der Waals surface area contributed by atoms with Crippen molar-refractivity contribution >= 4 is 11.4 Å². The SMILES string of the molecule is CCc1ccc(Oc2ccc(C)nn2)cc1C1=C(O)C(C)(C)OC(C)(C)C1=O. The number of aryl methyl sites for hydroxylation is 2. The third-order valence-electron chi connectivity index (χ3n) is 4.82. The minimum absolute atomic E-state index is 0.0706. The van der Waals surface area contributed by atoms with Crippen molar-refractivity contribution in [3.63, 3.8) is 0 Å². The Morgan fingerprint density at radius 1 is 1.07 bits per heavy atom. The average molecular weight is 382 g/mol. The summed E-state index contributed by atoms with van der Waals surface area (Å²) < 4.78 is 11.7. The maximum absolute atomic E-state index is 13.1. The third kappa shape index (κ3) is 3.64. The number of carbonyl (C=O) groups is 1. The predicted octanol–water partition coefficient (Wildman–Crippen LogP) is 4.57. The second-order valence-corrected chi connectivity index (χ2v) is 7.96. The highest BCUT2D eigenvalue weighted by molar-refractivity contribution is 6.26. The molecule has 0 amide bonds. The zero-order chi connectivity index (χ0) is 20.7. The number of aliphatic hydroxyl groups excluding tert-OH is 1. The quantitative estimate of drug-likeness (QED) is 0.834. The third-order valence-corrected chi connectivity index (χ3v) is 4.82. The molecule has 0 radical (unpaired) electrons. The lowest BCUT2D eigenvalue weighted by molar-refractivity contribution is -0.158. The summed E-state index contributed by atoms with van der Waals surface area (Å²) in [5.74, 6) is 0.545. The monoisotopic (exact) mass is 382 g/mol. The Hall–Kier alpha value is -2.73. The number of Topliss-reactive ketones (excluding diaryl/α,β-unsaturated/α-hetero) is 1. The fourth-order valence-corrected chi connectivity index (χ4v) is 3.41. The van der Waals surface area contributed by atoms with E-state index >= 15 is 0 Å². The second kappa shape index (κ2) is 7.02. The van der Waals surface area contributed by atoms with Crippen molar-refractivity contribution in [1.82, 2.24) is 10.2 Å². The van der Waals surface area contributed by atoms with Gasteiger partial charge in [0.15, 0.2) is 5.78 Å². The van der Waals surface area contributed by atoms with Gasteiger partial charge >= 0.3 is 0 Å². The van der Waals surface area contributed by atoms with Crippen LogP contribution in [0.3, 0.4) is 0 Å².